The summed E-state index contributed by atoms with van der Waals surface area (Å²) in [4.78, 5) is 26.8. The summed E-state index contributed by atoms with van der Waals surface area (Å²) in [6.07, 6.45) is 6.58. The summed E-state index contributed by atoms with van der Waals surface area (Å²) in [7, 11) is 1.61. The van der Waals surface area contributed by atoms with Gasteiger partial charge in [-0.2, -0.15) is 0 Å². The summed E-state index contributed by atoms with van der Waals surface area (Å²) in [5.41, 5.74) is 2.63. The van der Waals surface area contributed by atoms with Crippen LogP contribution in [0.25, 0.3) is 0 Å². The summed E-state index contributed by atoms with van der Waals surface area (Å²) in [6.45, 7) is 0.387. The smallest absolute Gasteiger partial charge is 0.229 e. The zero-order valence-electron chi connectivity index (χ0n) is 17.4. The molecular weight excluding hydrogens is 378 g/mol. The van der Waals surface area contributed by atoms with Crippen molar-refractivity contribution >= 4 is 28.9 Å². The summed E-state index contributed by atoms with van der Waals surface area (Å²) in [5, 5.41) is 6.54. The molecule has 0 spiro atoms. The molecule has 2 aliphatic rings. The molecule has 1 atom stereocenters. The molecule has 4 rings (SSSR count). The molecule has 1 aliphatic carbocycles. The number of amides is 2. The van der Waals surface area contributed by atoms with E-state index in [-0.39, 0.29) is 24.2 Å². The van der Waals surface area contributed by atoms with Gasteiger partial charge in [0.1, 0.15) is 5.75 Å². The molecule has 2 N–H and O–H groups in total. The Kier molecular flexibility index (Phi) is 6.21. The van der Waals surface area contributed by atoms with Gasteiger partial charge in [0.15, 0.2) is 0 Å². The van der Waals surface area contributed by atoms with Crippen LogP contribution in [0.15, 0.2) is 48.5 Å². The van der Waals surface area contributed by atoms with Crippen LogP contribution in [0.2, 0.25) is 0 Å². The monoisotopic (exact) mass is 407 g/mol. The Labute approximate surface area is 177 Å². The van der Waals surface area contributed by atoms with Gasteiger partial charge in [-0.3, -0.25) is 9.59 Å². The van der Waals surface area contributed by atoms with Crippen molar-refractivity contribution < 1.29 is 14.3 Å². The van der Waals surface area contributed by atoms with E-state index in [9.17, 15) is 9.59 Å². The number of carbonyl (C=O) groups is 2. The first-order valence-corrected chi connectivity index (χ1v) is 10.7. The van der Waals surface area contributed by atoms with Crippen LogP contribution in [-0.2, 0) is 9.59 Å². The summed E-state index contributed by atoms with van der Waals surface area (Å²) in [6, 6.07) is 15.7. The number of nitrogens with zero attached hydrogens (tertiary/aromatic N) is 1. The number of benzene rings is 2. The van der Waals surface area contributed by atoms with Crippen LogP contribution >= 0.6 is 0 Å². The van der Waals surface area contributed by atoms with Crippen molar-refractivity contribution in [3.63, 3.8) is 0 Å². The molecular formula is C24H29N3O3. The highest BCUT2D eigenvalue weighted by atomic mass is 16.5. The van der Waals surface area contributed by atoms with Crippen LogP contribution in [0, 0.1) is 5.92 Å². The minimum absolute atomic E-state index is 0.0349. The van der Waals surface area contributed by atoms with Crippen LogP contribution in [0.3, 0.4) is 0 Å². The molecule has 0 radical (unpaired) electrons. The fraction of sp³-hybridized carbons (Fsp3) is 0.417. The predicted molar refractivity (Wildman–Crippen MR) is 119 cm³/mol. The van der Waals surface area contributed by atoms with E-state index in [2.05, 4.69) is 10.6 Å². The maximum Gasteiger partial charge on any atom is 0.229 e. The van der Waals surface area contributed by atoms with E-state index in [0.717, 1.165) is 22.8 Å². The first-order valence-electron chi connectivity index (χ1n) is 10.7. The van der Waals surface area contributed by atoms with Gasteiger partial charge >= 0.3 is 0 Å². The number of nitrogens with one attached hydrogen (secondary N) is 2. The highest BCUT2D eigenvalue weighted by Crippen LogP contribution is 2.28. The van der Waals surface area contributed by atoms with E-state index in [1.54, 1.807) is 12.0 Å². The molecule has 1 aliphatic heterocycles. The average Bonchev–Trinajstić information content (AvgIpc) is 3.18. The Balaban J connectivity index is 1.32. The third kappa shape index (κ3) is 4.75. The largest absolute Gasteiger partial charge is 0.497 e. The summed E-state index contributed by atoms with van der Waals surface area (Å²) in [5.74, 6) is 0.223. The van der Waals surface area contributed by atoms with Crippen LogP contribution in [-0.4, -0.2) is 31.5 Å². The number of anilines is 3. The number of hydrogen-bond acceptors (Lipinski definition) is 4. The zero-order chi connectivity index (χ0) is 20.9. The van der Waals surface area contributed by atoms with Crippen molar-refractivity contribution in [3.05, 3.63) is 48.5 Å². The van der Waals surface area contributed by atoms with Gasteiger partial charge in [0.2, 0.25) is 11.8 Å². The van der Waals surface area contributed by atoms with E-state index in [4.69, 9.17) is 4.74 Å². The molecule has 0 bridgehead atoms. The highest BCUT2D eigenvalue weighted by molar-refractivity contribution is 6.03. The minimum atomic E-state index is -0.361. The lowest BCUT2D eigenvalue weighted by Crippen LogP contribution is -2.28. The van der Waals surface area contributed by atoms with Crippen molar-refractivity contribution in [1.29, 1.82) is 0 Å². The Morgan fingerprint density at radius 3 is 2.30 bits per heavy atom. The molecule has 0 aromatic heterocycles. The maximum atomic E-state index is 12.7. The van der Waals surface area contributed by atoms with Crippen molar-refractivity contribution in [2.75, 3.05) is 29.2 Å². The number of rotatable bonds is 6. The second-order valence-corrected chi connectivity index (χ2v) is 8.15. The molecule has 30 heavy (non-hydrogen) atoms. The fourth-order valence-electron chi connectivity index (χ4n) is 4.27. The molecule has 158 valence electrons. The molecule has 2 amide bonds. The Hall–Kier alpha value is -3.02. The van der Waals surface area contributed by atoms with E-state index < -0.39 is 0 Å². The SMILES string of the molecule is COc1ccc(N2C[C@H](C(=O)Nc3ccc(NC4CCCCC4)cc3)CC2=O)cc1. The second-order valence-electron chi connectivity index (χ2n) is 8.15. The first-order chi connectivity index (χ1) is 14.6. The lowest BCUT2D eigenvalue weighted by Gasteiger charge is -2.24. The van der Waals surface area contributed by atoms with Gasteiger partial charge in [0.25, 0.3) is 0 Å². The molecule has 1 saturated heterocycles. The van der Waals surface area contributed by atoms with Crippen LogP contribution in [0.5, 0.6) is 5.75 Å². The van der Waals surface area contributed by atoms with Crippen LogP contribution < -0.4 is 20.3 Å². The number of carbonyl (C=O) groups excluding carboxylic acids is 2. The lowest BCUT2D eigenvalue weighted by atomic mass is 9.95. The quantitative estimate of drug-likeness (QED) is 0.743. The molecule has 2 aromatic carbocycles. The molecule has 1 heterocycles. The van der Waals surface area contributed by atoms with Gasteiger partial charge in [-0.25, -0.2) is 0 Å². The van der Waals surface area contributed by atoms with Crippen LogP contribution in [0.4, 0.5) is 17.1 Å². The van der Waals surface area contributed by atoms with E-state index in [1.807, 2.05) is 48.5 Å². The van der Waals surface area contributed by atoms with Gasteiger partial charge in [-0.05, 0) is 61.4 Å². The van der Waals surface area contributed by atoms with Crippen molar-refractivity contribution in [1.82, 2.24) is 0 Å². The standard InChI is InChI=1S/C24H29N3O3/c1-30-22-13-11-21(12-14-22)27-16-17(15-23(27)28)24(29)26-20-9-7-19(8-10-20)25-18-5-3-2-4-6-18/h7-14,17-18,25H,2-6,15-16H2,1H3,(H,26,29)/t17-/m1/s1. The molecule has 2 aromatic rings. The Bertz CT molecular complexity index is 874. The third-order valence-corrected chi connectivity index (χ3v) is 6.01. The predicted octanol–water partition coefficient (Wildman–Crippen LogP) is 4.43. The highest BCUT2D eigenvalue weighted by Gasteiger charge is 2.35. The van der Waals surface area contributed by atoms with Gasteiger partial charge in [0.05, 0.1) is 13.0 Å². The molecule has 1 saturated carbocycles. The van der Waals surface area contributed by atoms with Crippen LogP contribution in [0.1, 0.15) is 38.5 Å². The van der Waals surface area contributed by atoms with E-state index in [0.29, 0.717) is 12.6 Å². The molecule has 6 heteroatoms. The Morgan fingerprint density at radius 2 is 1.63 bits per heavy atom. The third-order valence-electron chi connectivity index (χ3n) is 6.01. The Morgan fingerprint density at radius 1 is 0.967 bits per heavy atom. The van der Waals surface area contributed by atoms with E-state index in [1.165, 1.54) is 32.1 Å². The van der Waals surface area contributed by atoms with Crippen molar-refractivity contribution in [2.24, 2.45) is 5.92 Å². The number of methoxy groups -OCH3 is 1. The zero-order valence-corrected chi connectivity index (χ0v) is 17.4. The van der Waals surface area contributed by atoms with Gasteiger partial charge in [-0.1, -0.05) is 19.3 Å². The molecule has 2 fully saturated rings. The lowest BCUT2D eigenvalue weighted by molar-refractivity contribution is -0.122. The molecule has 6 nitrogen and oxygen atoms in total. The first kappa shape index (κ1) is 20.3. The minimum Gasteiger partial charge on any atom is -0.497 e. The van der Waals surface area contributed by atoms with E-state index >= 15 is 0 Å². The van der Waals surface area contributed by atoms with Gasteiger partial charge in [0, 0.05) is 36.1 Å². The summed E-state index contributed by atoms with van der Waals surface area (Å²) >= 11 is 0. The number of hydrogen-bond donors (Lipinski definition) is 2. The average molecular weight is 408 g/mol. The maximum absolute atomic E-state index is 12.7. The van der Waals surface area contributed by atoms with Crippen molar-refractivity contribution in [2.45, 2.75) is 44.6 Å². The summed E-state index contributed by atoms with van der Waals surface area (Å²) < 4.78 is 5.16. The topological polar surface area (TPSA) is 70.7 Å². The second kappa shape index (κ2) is 9.20. The number of ether oxygens (including phenoxy) is 1. The van der Waals surface area contributed by atoms with Crippen molar-refractivity contribution in [3.8, 4) is 5.75 Å². The van der Waals surface area contributed by atoms with Gasteiger partial charge in [-0.15, -0.1) is 0 Å². The fourth-order valence-corrected chi connectivity index (χ4v) is 4.27. The molecule has 0 unspecified atom stereocenters. The normalized spacial score (nSPS) is 19.6. The van der Waals surface area contributed by atoms with Gasteiger partial charge < -0.3 is 20.3 Å².